The predicted molar refractivity (Wildman–Crippen MR) is 80.5 cm³/mol. The number of rotatable bonds is 6. The Hall–Kier alpha value is -1.73. The number of non-ortho nitro benzene ring substituents is 1. The lowest BCUT2D eigenvalue weighted by molar-refractivity contribution is -0.384. The fraction of sp³-hybridized carbons (Fsp3) is 0.462. The monoisotopic (exact) mass is 293 g/mol. The average molecular weight is 293 g/mol. The van der Waals surface area contributed by atoms with E-state index < -0.39 is 13.0 Å². The minimum atomic E-state index is -1.08. The Balaban J connectivity index is 2.03. The molecular formula is C13H19N3O3Si. The van der Waals surface area contributed by atoms with Gasteiger partial charge in [0, 0.05) is 26.8 Å². The van der Waals surface area contributed by atoms with Crippen molar-refractivity contribution in [2.24, 2.45) is 0 Å². The normalized spacial score (nSPS) is 11.9. The molecule has 20 heavy (non-hydrogen) atoms. The Morgan fingerprint density at radius 3 is 2.80 bits per heavy atom. The third-order valence-electron chi connectivity index (χ3n) is 3.04. The van der Waals surface area contributed by atoms with Gasteiger partial charge in [-0.1, -0.05) is 19.6 Å². The second kappa shape index (κ2) is 5.72. The molecule has 0 fully saturated rings. The number of hydrogen-bond acceptors (Lipinski definition) is 4. The molecule has 2 aromatic rings. The maximum absolute atomic E-state index is 10.7. The zero-order chi connectivity index (χ0) is 14.8. The van der Waals surface area contributed by atoms with Crippen LogP contribution in [0.3, 0.4) is 0 Å². The predicted octanol–water partition coefficient (Wildman–Crippen LogP) is 3.26. The highest BCUT2D eigenvalue weighted by molar-refractivity contribution is 6.76. The first-order valence-electron chi connectivity index (χ1n) is 6.54. The molecule has 1 aromatic carbocycles. The molecule has 0 aliphatic carbocycles. The van der Waals surface area contributed by atoms with Gasteiger partial charge in [-0.15, -0.1) is 0 Å². The Morgan fingerprint density at radius 1 is 1.40 bits per heavy atom. The second-order valence-corrected chi connectivity index (χ2v) is 11.6. The van der Waals surface area contributed by atoms with Gasteiger partial charge in [0.25, 0.3) is 5.69 Å². The smallest absolute Gasteiger partial charge is 0.271 e. The van der Waals surface area contributed by atoms with Crippen LogP contribution in [0.1, 0.15) is 0 Å². The summed E-state index contributed by atoms with van der Waals surface area (Å²) in [5.74, 6) is 0. The molecule has 0 radical (unpaired) electrons. The number of aromatic nitrogens is 2. The van der Waals surface area contributed by atoms with Crippen molar-refractivity contribution in [3.05, 3.63) is 34.6 Å². The van der Waals surface area contributed by atoms with Crippen molar-refractivity contribution in [2.45, 2.75) is 32.4 Å². The lowest BCUT2D eigenvalue weighted by atomic mass is 10.3. The molecule has 0 aliphatic heterocycles. The van der Waals surface area contributed by atoms with Crippen molar-refractivity contribution in [3.8, 4) is 0 Å². The van der Waals surface area contributed by atoms with Gasteiger partial charge in [-0.05, 0) is 12.1 Å². The molecule has 0 N–H and O–H groups in total. The van der Waals surface area contributed by atoms with E-state index in [4.69, 9.17) is 4.74 Å². The van der Waals surface area contributed by atoms with Crippen molar-refractivity contribution in [1.82, 2.24) is 9.55 Å². The summed E-state index contributed by atoms with van der Waals surface area (Å²) in [6.07, 6.45) is 1.66. The van der Waals surface area contributed by atoms with Gasteiger partial charge < -0.3 is 9.30 Å². The van der Waals surface area contributed by atoms with E-state index in [2.05, 4.69) is 24.6 Å². The van der Waals surface area contributed by atoms with Crippen LogP contribution in [0.4, 0.5) is 5.69 Å². The van der Waals surface area contributed by atoms with Crippen LogP contribution in [0.15, 0.2) is 24.5 Å². The van der Waals surface area contributed by atoms with Crippen LogP contribution in [0.25, 0.3) is 11.0 Å². The molecule has 7 heteroatoms. The van der Waals surface area contributed by atoms with Gasteiger partial charge in [0.15, 0.2) is 0 Å². The van der Waals surface area contributed by atoms with E-state index in [9.17, 15) is 10.1 Å². The van der Waals surface area contributed by atoms with Crippen molar-refractivity contribution in [3.63, 3.8) is 0 Å². The topological polar surface area (TPSA) is 70.2 Å². The first kappa shape index (κ1) is 14.7. The van der Waals surface area contributed by atoms with E-state index in [-0.39, 0.29) is 5.69 Å². The Bertz CT molecular complexity index is 619. The van der Waals surface area contributed by atoms with Crippen LogP contribution in [-0.2, 0) is 11.5 Å². The summed E-state index contributed by atoms with van der Waals surface area (Å²) in [4.78, 5) is 14.5. The van der Waals surface area contributed by atoms with Gasteiger partial charge in [-0.25, -0.2) is 4.98 Å². The molecule has 6 nitrogen and oxygen atoms in total. The zero-order valence-electron chi connectivity index (χ0n) is 12.0. The molecule has 1 aromatic heterocycles. The van der Waals surface area contributed by atoms with Gasteiger partial charge in [-0.2, -0.15) is 0 Å². The SMILES string of the molecule is C[Si](C)(C)CCOCn1cnc2cc([N+](=O)[O-])ccc21. The van der Waals surface area contributed by atoms with E-state index in [1.54, 1.807) is 12.4 Å². The first-order valence-corrected chi connectivity index (χ1v) is 10.2. The van der Waals surface area contributed by atoms with Gasteiger partial charge in [0.1, 0.15) is 6.73 Å². The summed E-state index contributed by atoms with van der Waals surface area (Å²) in [5, 5.41) is 10.7. The molecule has 1 heterocycles. The van der Waals surface area contributed by atoms with Crippen molar-refractivity contribution >= 4 is 24.8 Å². The Morgan fingerprint density at radius 2 is 2.15 bits per heavy atom. The molecule has 0 amide bonds. The van der Waals surface area contributed by atoms with Gasteiger partial charge >= 0.3 is 0 Å². The highest BCUT2D eigenvalue weighted by Crippen LogP contribution is 2.19. The number of hydrogen-bond donors (Lipinski definition) is 0. The van der Waals surface area contributed by atoms with Crippen LogP contribution >= 0.6 is 0 Å². The number of ether oxygens (including phenoxy) is 1. The molecule has 0 bridgehead atoms. The van der Waals surface area contributed by atoms with Crippen molar-refractivity contribution in [2.75, 3.05) is 6.61 Å². The number of benzene rings is 1. The van der Waals surface area contributed by atoms with E-state index in [1.807, 2.05) is 4.57 Å². The van der Waals surface area contributed by atoms with Gasteiger partial charge in [0.05, 0.1) is 22.3 Å². The minimum Gasteiger partial charge on any atom is -0.361 e. The van der Waals surface area contributed by atoms with E-state index in [1.165, 1.54) is 12.1 Å². The Kier molecular flexibility index (Phi) is 4.19. The summed E-state index contributed by atoms with van der Waals surface area (Å²) >= 11 is 0. The van der Waals surface area contributed by atoms with Crippen molar-refractivity contribution in [1.29, 1.82) is 0 Å². The quantitative estimate of drug-likeness (QED) is 0.355. The van der Waals surface area contributed by atoms with Crippen LogP contribution in [-0.4, -0.2) is 29.2 Å². The molecule has 0 saturated carbocycles. The number of nitrogens with zero attached hydrogens (tertiary/aromatic N) is 3. The fourth-order valence-corrected chi connectivity index (χ4v) is 2.57. The van der Waals surface area contributed by atoms with Crippen molar-refractivity contribution < 1.29 is 9.66 Å². The van der Waals surface area contributed by atoms with Crippen LogP contribution in [0.2, 0.25) is 25.7 Å². The number of fused-ring (bicyclic) bond motifs is 1. The summed E-state index contributed by atoms with van der Waals surface area (Å²) in [7, 11) is -1.08. The second-order valence-electron chi connectivity index (χ2n) is 5.99. The largest absolute Gasteiger partial charge is 0.361 e. The van der Waals surface area contributed by atoms with Gasteiger partial charge in [0.2, 0.25) is 0 Å². The average Bonchev–Trinajstić information content (AvgIpc) is 2.76. The maximum Gasteiger partial charge on any atom is 0.271 e. The standard InChI is InChI=1S/C13H19N3O3Si/c1-20(2,3)7-6-19-10-15-9-14-12-8-11(16(17)18)4-5-13(12)15/h4-5,8-9H,6-7,10H2,1-3H3. The number of imidazole rings is 1. The summed E-state index contributed by atoms with van der Waals surface area (Å²) in [6.45, 7) is 8.09. The van der Waals surface area contributed by atoms with Crippen LogP contribution in [0, 0.1) is 10.1 Å². The van der Waals surface area contributed by atoms with Crippen LogP contribution < -0.4 is 0 Å². The van der Waals surface area contributed by atoms with E-state index in [0.717, 1.165) is 18.2 Å². The number of nitro benzene ring substituents is 1. The lowest BCUT2D eigenvalue weighted by Crippen LogP contribution is -2.21. The first-order chi connectivity index (χ1) is 9.37. The molecule has 0 saturated heterocycles. The molecular weight excluding hydrogens is 274 g/mol. The third-order valence-corrected chi connectivity index (χ3v) is 4.75. The third kappa shape index (κ3) is 3.64. The Labute approximate surface area is 118 Å². The van der Waals surface area contributed by atoms with Crippen LogP contribution in [0.5, 0.6) is 0 Å². The summed E-state index contributed by atoms with van der Waals surface area (Å²) in [6, 6.07) is 5.80. The van der Waals surface area contributed by atoms with Gasteiger partial charge in [-0.3, -0.25) is 10.1 Å². The summed E-state index contributed by atoms with van der Waals surface area (Å²) < 4.78 is 7.53. The molecule has 108 valence electrons. The highest BCUT2D eigenvalue weighted by atomic mass is 28.3. The minimum absolute atomic E-state index is 0.0578. The number of nitro groups is 1. The van der Waals surface area contributed by atoms with E-state index >= 15 is 0 Å². The highest BCUT2D eigenvalue weighted by Gasteiger charge is 2.13. The zero-order valence-corrected chi connectivity index (χ0v) is 13.0. The molecule has 0 atom stereocenters. The molecule has 0 unspecified atom stereocenters. The van der Waals surface area contributed by atoms with E-state index in [0.29, 0.717) is 12.2 Å². The molecule has 2 rings (SSSR count). The lowest BCUT2D eigenvalue weighted by Gasteiger charge is -2.15. The maximum atomic E-state index is 10.7. The molecule has 0 aliphatic rings. The summed E-state index contributed by atoms with van der Waals surface area (Å²) in [5.41, 5.74) is 1.53. The fourth-order valence-electron chi connectivity index (χ4n) is 1.81. The molecule has 0 spiro atoms.